The number of hydrogen-bond acceptors (Lipinski definition) is 3. The second-order valence-corrected chi connectivity index (χ2v) is 4.26. The van der Waals surface area contributed by atoms with Crippen LogP contribution in [0.25, 0.3) is 0 Å². The molecule has 0 spiro atoms. The first kappa shape index (κ1) is 13.2. The van der Waals surface area contributed by atoms with Crippen molar-refractivity contribution in [3.8, 4) is 0 Å². The highest BCUT2D eigenvalue weighted by molar-refractivity contribution is 6.45. The van der Waals surface area contributed by atoms with E-state index in [2.05, 4.69) is 10.3 Å². The molecule has 96 valence electrons. The fourth-order valence-corrected chi connectivity index (χ4v) is 1.69. The molecule has 0 saturated heterocycles. The molecule has 1 amide bonds. The van der Waals surface area contributed by atoms with Crippen LogP contribution in [0.4, 0.5) is 5.69 Å². The van der Waals surface area contributed by atoms with Crippen LogP contribution in [0, 0.1) is 0 Å². The lowest BCUT2D eigenvalue weighted by atomic mass is 10.1. The first-order valence-corrected chi connectivity index (χ1v) is 6.06. The lowest BCUT2D eigenvalue weighted by molar-refractivity contribution is -0.115. The van der Waals surface area contributed by atoms with Crippen molar-refractivity contribution >= 4 is 29.0 Å². The lowest BCUT2D eigenvalue weighted by Gasteiger charge is -2.09. The number of benzene rings is 1. The number of nitrogens with one attached hydrogen (secondary N) is 1. The van der Waals surface area contributed by atoms with Gasteiger partial charge in [0.1, 0.15) is 0 Å². The molecule has 0 aliphatic rings. The van der Waals surface area contributed by atoms with Crippen LogP contribution in [0.15, 0.2) is 54.9 Å². The van der Waals surface area contributed by atoms with Crippen LogP contribution in [0.3, 0.4) is 0 Å². The molecule has 1 atom stereocenters. The van der Waals surface area contributed by atoms with Crippen LogP contribution in [-0.2, 0) is 4.79 Å². The van der Waals surface area contributed by atoms with Crippen LogP contribution in [-0.4, -0.2) is 22.1 Å². The maximum atomic E-state index is 12.0. The van der Waals surface area contributed by atoms with Crippen LogP contribution in [0.1, 0.15) is 10.4 Å². The smallest absolute Gasteiger partial charge is 0.250 e. The lowest BCUT2D eigenvalue weighted by Crippen LogP contribution is -2.30. The van der Waals surface area contributed by atoms with Gasteiger partial charge in [0.05, 0.1) is 11.9 Å². The number of halogens is 1. The van der Waals surface area contributed by atoms with E-state index in [9.17, 15) is 9.59 Å². The highest BCUT2D eigenvalue weighted by atomic mass is 35.5. The number of rotatable bonds is 4. The molecule has 0 unspecified atom stereocenters. The molecule has 0 aliphatic carbocycles. The molecular weight excluding hydrogens is 264 g/mol. The van der Waals surface area contributed by atoms with Gasteiger partial charge in [-0.1, -0.05) is 30.3 Å². The first-order valence-electron chi connectivity index (χ1n) is 5.62. The normalized spacial score (nSPS) is 11.6. The SMILES string of the molecule is O=C(Nc1cccnc1)[C@@H](Cl)C(=O)c1ccccc1. The van der Waals surface area contributed by atoms with Gasteiger partial charge in [-0.05, 0) is 12.1 Å². The van der Waals surface area contributed by atoms with E-state index in [1.807, 2.05) is 0 Å². The van der Waals surface area contributed by atoms with Crippen LogP contribution in [0.5, 0.6) is 0 Å². The summed E-state index contributed by atoms with van der Waals surface area (Å²) in [7, 11) is 0. The number of amides is 1. The summed E-state index contributed by atoms with van der Waals surface area (Å²) in [6.07, 6.45) is 3.07. The van der Waals surface area contributed by atoms with E-state index in [1.54, 1.807) is 48.7 Å². The van der Waals surface area contributed by atoms with Crippen molar-refractivity contribution in [3.05, 3.63) is 60.4 Å². The number of Topliss-reactive ketones (excluding diaryl/α,β-unsaturated/α-hetero) is 1. The maximum Gasteiger partial charge on any atom is 0.250 e. The molecule has 2 aromatic rings. The highest BCUT2D eigenvalue weighted by Gasteiger charge is 2.25. The summed E-state index contributed by atoms with van der Waals surface area (Å²) >= 11 is 5.88. The van der Waals surface area contributed by atoms with E-state index in [4.69, 9.17) is 11.6 Å². The van der Waals surface area contributed by atoms with Crippen molar-refractivity contribution in [1.29, 1.82) is 0 Å². The summed E-state index contributed by atoms with van der Waals surface area (Å²) in [6, 6.07) is 11.8. The number of nitrogens with zero attached hydrogens (tertiary/aromatic N) is 1. The van der Waals surface area contributed by atoms with Crippen LogP contribution in [0.2, 0.25) is 0 Å². The summed E-state index contributed by atoms with van der Waals surface area (Å²) in [5.41, 5.74) is 0.905. The summed E-state index contributed by atoms with van der Waals surface area (Å²) in [4.78, 5) is 27.7. The molecule has 0 radical (unpaired) electrons. The van der Waals surface area contributed by atoms with Gasteiger partial charge >= 0.3 is 0 Å². The van der Waals surface area contributed by atoms with E-state index < -0.39 is 17.1 Å². The molecule has 1 aromatic heterocycles. The molecule has 1 heterocycles. The zero-order chi connectivity index (χ0) is 13.7. The minimum Gasteiger partial charge on any atom is -0.323 e. The number of aromatic nitrogens is 1. The molecule has 1 aromatic carbocycles. The summed E-state index contributed by atoms with van der Waals surface area (Å²) in [5, 5.41) is 1.28. The molecule has 2 rings (SSSR count). The minimum atomic E-state index is -1.26. The monoisotopic (exact) mass is 274 g/mol. The van der Waals surface area contributed by atoms with Gasteiger partial charge in [0.25, 0.3) is 0 Å². The largest absolute Gasteiger partial charge is 0.323 e. The van der Waals surface area contributed by atoms with Crippen molar-refractivity contribution in [2.45, 2.75) is 5.38 Å². The molecule has 0 aliphatic heterocycles. The number of carbonyl (C=O) groups excluding carboxylic acids is 2. The van der Waals surface area contributed by atoms with E-state index in [0.717, 1.165) is 0 Å². The van der Waals surface area contributed by atoms with Crippen LogP contribution < -0.4 is 5.32 Å². The van der Waals surface area contributed by atoms with Gasteiger partial charge in [0, 0.05) is 11.8 Å². The third kappa shape index (κ3) is 3.39. The zero-order valence-electron chi connectivity index (χ0n) is 9.92. The van der Waals surface area contributed by atoms with E-state index in [0.29, 0.717) is 11.3 Å². The molecule has 0 saturated carbocycles. The topological polar surface area (TPSA) is 59.1 Å². The Morgan fingerprint density at radius 2 is 1.84 bits per heavy atom. The predicted molar refractivity (Wildman–Crippen MR) is 73.3 cm³/mol. The zero-order valence-corrected chi connectivity index (χ0v) is 10.7. The average molecular weight is 275 g/mol. The van der Waals surface area contributed by atoms with Crippen molar-refractivity contribution in [3.63, 3.8) is 0 Å². The van der Waals surface area contributed by atoms with Gasteiger partial charge in [-0.3, -0.25) is 14.6 Å². The quantitative estimate of drug-likeness (QED) is 0.529. The highest BCUT2D eigenvalue weighted by Crippen LogP contribution is 2.11. The van der Waals surface area contributed by atoms with Gasteiger partial charge in [0.15, 0.2) is 11.2 Å². The molecule has 19 heavy (non-hydrogen) atoms. The second kappa shape index (κ2) is 6.11. The van der Waals surface area contributed by atoms with Crippen molar-refractivity contribution in [2.24, 2.45) is 0 Å². The molecule has 4 nitrogen and oxygen atoms in total. The fraction of sp³-hybridized carbons (Fsp3) is 0.0714. The number of hydrogen-bond donors (Lipinski definition) is 1. The fourth-order valence-electron chi connectivity index (χ4n) is 1.51. The summed E-state index contributed by atoms with van der Waals surface area (Å²) in [5.74, 6) is -0.993. The molecule has 0 bridgehead atoms. The van der Waals surface area contributed by atoms with Crippen LogP contribution >= 0.6 is 11.6 Å². The van der Waals surface area contributed by atoms with E-state index in [1.165, 1.54) is 6.20 Å². The van der Waals surface area contributed by atoms with E-state index in [-0.39, 0.29) is 0 Å². The Hall–Kier alpha value is -2.20. The Morgan fingerprint density at radius 3 is 2.47 bits per heavy atom. The summed E-state index contributed by atoms with van der Waals surface area (Å²) in [6.45, 7) is 0. The van der Waals surface area contributed by atoms with Crippen molar-refractivity contribution in [2.75, 3.05) is 5.32 Å². The van der Waals surface area contributed by atoms with E-state index >= 15 is 0 Å². The number of alkyl halides is 1. The van der Waals surface area contributed by atoms with Gasteiger partial charge in [-0.25, -0.2) is 0 Å². The Morgan fingerprint density at radius 1 is 1.11 bits per heavy atom. The number of anilines is 1. The molecule has 0 fully saturated rings. The number of ketones is 1. The van der Waals surface area contributed by atoms with Crippen molar-refractivity contribution in [1.82, 2.24) is 4.98 Å². The van der Waals surface area contributed by atoms with Gasteiger partial charge in [-0.15, -0.1) is 11.6 Å². The molecule has 5 heteroatoms. The number of pyridine rings is 1. The first-order chi connectivity index (χ1) is 9.18. The Balaban J connectivity index is 2.06. The third-order valence-corrected chi connectivity index (χ3v) is 2.84. The van der Waals surface area contributed by atoms with Gasteiger partial charge in [0.2, 0.25) is 5.91 Å². The molecular formula is C14H11ClN2O2. The third-order valence-electron chi connectivity index (χ3n) is 2.45. The maximum absolute atomic E-state index is 12.0. The average Bonchev–Trinajstić information content (AvgIpc) is 2.47. The predicted octanol–water partition coefficient (Wildman–Crippen LogP) is 2.51. The second-order valence-electron chi connectivity index (χ2n) is 3.82. The minimum absolute atomic E-state index is 0.406. The Kier molecular flexibility index (Phi) is 4.26. The standard InChI is InChI=1S/C14H11ClN2O2/c15-12(13(18)10-5-2-1-3-6-10)14(19)17-11-7-4-8-16-9-11/h1-9,12H,(H,17,19)/t12-/m0/s1. The summed E-state index contributed by atoms with van der Waals surface area (Å²) < 4.78 is 0. The Bertz CT molecular complexity index is 573. The van der Waals surface area contributed by atoms with Gasteiger partial charge in [-0.2, -0.15) is 0 Å². The molecule has 1 N–H and O–H groups in total. The number of carbonyl (C=O) groups is 2. The van der Waals surface area contributed by atoms with Crippen molar-refractivity contribution < 1.29 is 9.59 Å². The Labute approximate surface area is 115 Å². The van der Waals surface area contributed by atoms with Gasteiger partial charge < -0.3 is 5.32 Å².